The summed E-state index contributed by atoms with van der Waals surface area (Å²) in [5, 5.41) is -4.52. The van der Waals surface area contributed by atoms with Gasteiger partial charge >= 0.3 is 21.3 Å². The number of ether oxygens (including phenoxy) is 3. The summed E-state index contributed by atoms with van der Waals surface area (Å²) in [7, 11) is -4.05. The Kier molecular flexibility index (Phi) is 10.8. The SMILES string of the molecule is CCc1cc(C(=O)C([S+]2CCOCC2)C(C)(C)C)cc(CCC2C3CC4CC(C3)CC2(C(=O)OCCC(F)(F)S(=O)(=O)O)C4)c1OC. The zero-order chi connectivity index (χ0) is 34.4. The minimum atomic E-state index is -5.60. The quantitative estimate of drug-likeness (QED) is 0.110. The summed E-state index contributed by atoms with van der Waals surface area (Å²) in [6, 6.07) is 3.97. The molecule has 4 aliphatic carbocycles. The minimum absolute atomic E-state index is 0.0370. The van der Waals surface area contributed by atoms with Crippen LogP contribution in [0.25, 0.3) is 0 Å². The fourth-order valence-electron chi connectivity index (χ4n) is 9.40. The third-order valence-electron chi connectivity index (χ3n) is 11.1. The van der Waals surface area contributed by atoms with Crippen LogP contribution >= 0.6 is 0 Å². The van der Waals surface area contributed by atoms with Gasteiger partial charge in [0, 0.05) is 21.9 Å². The zero-order valence-corrected chi connectivity index (χ0v) is 30.0. The molecule has 6 rings (SSSR count). The van der Waals surface area contributed by atoms with Crippen LogP contribution in [0.2, 0.25) is 0 Å². The lowest BCUT2D eigenvalue weighted by atomic mass is 9.44. The number of hydrogen-bond donors (Lipinski definition) is 1. The molecule has 4 unspecified atom stereocenters. The molecular weight excluding hydrogens is 651 g/mol. The lowest BCUT2D eigenvalue weighted by molar-refractivity contribution is -0.185. The summed E-state index contributed by atoms with van der Waals surface area (Å²) in [5.41, 5.74) is 1.55. The standard InChI is InChI=1S/C35H50F2O8S2/c1-6-24-18-27(29(38)31(33(2,3)4)46-13-11-44-12-14-46)19-25(30(24)43-5)7-8-28-26-16-22-15-23(17-26)21-34(28,20-22)32(39)45-10-9-35(36,37)47(40,41)42/h18-19,22-23,26,28,31H,6-17,20-21H2,1-5H3/p+1. The van der Waals surface area contributed by atoms with Crippen molar-refractivity contribution in [2.75, 3.05) is 38.4 Å². The second kappa shape index (κ2) is 13.9. The maximum Gasteiger partial charge on any atom is 0.373 e. The normalized spacial score (nSPS) is 28.7. The monoisotopic (exact) mass is 701 g/mol. The van der Waals surface area contributed by atoms with E-state index in [0.29, 0.717) is 68.6 Å². The van der Waals surface area contributed by atoms with Crippen molar-refractivity contribution in [3.05, 3.63) is 28.8 Å². The summed E-state index contributed by atoms with van der Waals surface area (Å²) >= 11 is 0. The Morgan fingerprint density at radius 3 is 2.26 bits per heavy atom. The number of rotatable bonds is 13. The molecule has 0 aromatic heterocycles. The summed E-state index contributed by atoms with van der Waals surface area (Å²) in [4.78, 5) is 28.1. The highest BCUT2D eigenvalue weighted by atomic mass is 32.2. The molecule has 47 heavy (non-hydrogen) atoms. The average molecular weight is 702 g/mol. The highest BCUT2D eigenvalue weighted by Crippen LogP contribution is 2.64. The molecule has 1 aromatic rings. The van der Waals surface area contributed by atoms with E-state index in [-0.39, 0.29) is 33.3 Å². The van der Waals surface area contributed by atoms with Crippen LogP contribution in [0.15, 0.2) is 12.1 Å². The number of hydrogen-bond acceptors (Lipinski definition) is 7. The number of carbonyl (C=O) groups excluding carboxylic acids is 2. The number of Topliss-reactive ketones (excluding diaryl/α,β-unsaturated/α-hetero) is 1. The first-order valence-corrected chi connectivity index (χ1v) is 20.1. The van der Waals surface area contributed by atoms with E-state index in [4.69, 9.17) is 18.8 Å². The number of methoxy groups -OCH3 is 1. The molecule has 0 spiro atoms. The predicted molar refractivity (Wildman–Crippen MR) is 178 cm³/mol. The van der Waals surface area contributed by atoms with Gasteiger partial charge in [-0.25, -0.2) is 0 Å². The smallest absolute Gasteiger partial charge is 0.373 e. The highest BCUT2D eigenvalue weighted by molar-refractivity contribution is 7.98. The third-order valence-corrected chi connectivity index (χ3v) is 15.0. The van der Waals surface area contributed by atoms with Crippen LogP contribution in [0.4, 0.5) is 8.78 Å². The van der Waals surface area contributed by atoms with Gasteiger partial charge in [-0.15, -0.1) is 0 Å². The molecule has 0 amide bonds. The maximum atomic E-state index is 14.3. The molecule has 264 valence electrons. The van der Waals surface area contributed by atoms with Crippen LogP contribution in [0.1, 0.15) is 94.1 Å². The summed E-state index contributed by atoms with van der Waals surface area (Å²) in [6.45, 7) is 9.02. The van der Waals surface area contributed by atoms with Crippen molar-refractivity contribution in [3.8, 4) is 5.75 Å². The van der Waals surface area contributed by atoms with E-state index in [0.717, 1.165) is 47.6 Å². The van der Waals surface area contributed by atoms with Crippen molar-refractivity contribution < 1.29 is 45.6 Å². The number of benzene rings is 1. The van der Waals surface area contributed by atoms with E-state index in [2.05, 4.69) is 20.8 Å². The summed E-state index contributed by atoms with van der Waals surface area (Å²) in [5.74, 6) is 3.15. The molecule has 1 heterocycles. The van der Waals surface area contributed by atoms with Crippen molar-refractivity contribution in [1.82, 2.24) is 0 Å². The average Bonchev–Trinajstić information content (AvgIpc) is 2.99. The molecule has 4 atom stereocenters. The fourth-order valence-corrected chi connectivity index (χ4v) is 12.5. The van der Waals surface area contributed by atoms with Crippen LogP contribution in [-0.2, 0) is 48.1 Å². The van der Waals surface area contributed by atoms with Crippen LogP contribution in [0.3, 0.4) is 0 Å². The van der Waals surface area contributed by atoms with Crippen LogP contribution < -0.4 is 4.74 Å². The highest BCUT2D eigenvalue weighted by Gasteiger charge is 2.61. The van der Waals surface area contributed by atoms with Gasteiger partial charge in [0.2, 0.25) is 5.78 Å². The fraction of sp³-hybridized carbons (Fsp3) is 0.771. The second-order valence-electron chi connectivity index (χ2n) is 15.3. The molecule has 5 fully saturated rings. The molecule has 1 N–H and O–H groups in total. The van der Waals surface area contributed by atoms with Gasteiger partial charge in [-0.3, -0.25) is 14.1 Å². The first-order chi connectivity index (χ1) is 22.0. The van der Waals surface area contributed by atoms with E-state index in [1.165, 1.54) is 0 Å². The van der Waals surface area contributed by atoms with E-state index in [9.17, 15) is 26.8 Å². The zero-order valence-electron chi connectivity index (χ0n) is 28.3. The van der Waals surface area contributed by atoms with Crippen molar-refractivity contribution in [2.45, 2.75) is 96.0 Å². The molecule has 4 saturated carbocycles. The van der Waals surface area contributed by atoms with Crippen molar-refractivity contribution in [2.24, 2.45) is 34.5 Å². The molecule has 12 heteroatoms. The van der Waals surface area contributed by atoms with Gasteiger partial charge in [0.1, 0.15) is 17.3 Å². The van der Waals surface area contributed by atoms with Gasteiger partial charge in [0.15, 0.2) is 5.25 Å². The molecular formula is C35H51F2O8S2+. The van der Waals surface area contributed by atoms with Gasteiger partial charge in [0.05, 0.1) is 38.8 Å². The van der Waals surface area contributed by atoms with Crippen molar-refractivity contribution in [1.29, 1.82) is 0 Å². The van der Waals surface area contributed by atoms with E-state index < -0.39 is 39.8 Å². The predicted octanol–water partition coefficient (Wildman–Crippen LogP) is 6.29. The van der Waals surface area contributed by atoms with Gasteiger partial charge in [-0.05, 0) is 98.3 Å². The van der Waals surface area contributed by atoms with Crippen molar-refractivity contribution >= 4 is 32.8 Å². The molecule has 8 nitrogen and oxygen atoms in total. The molecule has 5 aliphatic rings. The second-order valence-corrected chi connectivity index (χ2v) is 19.2. The van der Waals surface area contributed by atoms with E-state index >= 15 is 0 Å². The van der Waals surface area contributed by atoms with Gasteiger partial charge in [0.25, 0.3) is 0 Å². The first kappa shape index (κ1) is 36.5. The molecule has 4 bridgehead atoms. The number of esters is 1. The minimum Gasteiger partial charge on any atom is -0.496 e. The molecule has 0 radical (unpaired) electrons. The topological polar surface area (TPSA) is 116 Å². The Balaban J connectivity index is 1.40. The summed E-state index contributed by atoms with van der Waals surface area (Å²) < 4.78 is 75.8. The third kappa shape index (κ3) is 7.41. The summed E-state index contributed by atoms with van der Waals surface area (Å²) in [6.07, 6.45) is 5.00. The number of aryl methyl sites for hydroxylation is 2. The largest absolute Gasteiger partial charge is 0.496 e. The van der Waals surface area contributed by atoms with E-state index in [1.54, 1.807) is 7.11 Å². The molecule has 1 aromatic carbocycles. The van der Waals surface area contributed by atoms with E-state index in [1.807, 2.05) is 19.1 Å². The molecule has 1 aliphatic heterocycles. The van der Waals surface area contributed by atoms with Crippen LogP contribution in [0, 0.1) is 34.5 Å². The first-order valence-electron chi connectivity index (χ1n) is 17.0. The van der Waals surface area contributed by atoms with Gasteiger partial charge < -0.3 is 14.2 Å². The Morgan fingerprint density at radius 1 is 1.09 bits per heavy atom. The van der Waals surface area contributed by atoms with Gasteiger partial charge in [-0.2, -0.15) is 17.2 Å². The number of halogens is 2. The maximum absolute atomic E-state index is 14.3. The Labute approximate surface area is 281 Å². The number of carbonyl (C=O) groups is 2. The molecule has 1 saturated heterocycles. The Morgan fingerprint density at radius 2 is 1.70 bits per heavy atom. The Hall–Kier alpha value is -1.76. The lowest BCUT2D eigenvalue weighted by Gasteiger charge is -2.60. The van der Waals surface area contributed by atoms with Crippen LogP contribution in [-0.4, -0.2) is 73.7 Å². The van der Waals surface area contributed by atoms with Crippen LogP contribution in [0.5, 0.6) is 5.75 Å². The van der Waals surface area contributed by atoms with Crippen molar-refractivity contribution in [3.63, 3.8) is 0 Å². The lowest BCUT2D eigenvalue weighted by Crippen LogP contribution is -2.57. The number of alkyl halides is 2. The van der Waals surface area contributed by atoms with Gasteiger partial charge in [-0.1, -0.05) is 27.7 Å². The number of ketones is 1. The Bertz CT molecular complexity index is 1420.